The zero-order chi connectivity index (χ0) is 12.1. The summed E-state index contributed by atoms with van der Waals surface area (Å²) in [6, 6.07) is 4.42. The van der Waals surface area contributed by atoms with Gasteiger partial charge in [-0.2, -0.15) is 0 Å². The van der Waals surface area contributed by atoms with E-state index in [1.165, 1.54) is 12.1 Å². The quantitative estimate of drug-likeness (QED) is 0.387. The average Bonchev–Trinajstić information content (AvgIpc) is 2.27. The molecule has 1 rings (SSSR count). The van der Waals surface area contributed by atoms with E-state index < -0.39 is 11.9 Å². The van der Waals surface area contributed by atoms with Crippen molar-refractivity contribution in [3.8, 4) is 5.75 Å². The number of hydrogen-bond acceptors (Lipinski definition) is 3. The standard InChI is InChI=1S/C10H12BrFN2O2/c1-2-8(10(13)14-15)16-9-4-3-6(11)5-7(9)12/h3-5,8,15H,2H2,1H3,(H2,13,14). The van der Waals surface area contributed by atoms with Crippen LogP contribution in [0.15, 0.2) is 27.8 Å². The molecule has 0 bridgehead atoms. The highest BCUT2D eigenvalue weighted by molar-refractivity contribution is 9.10. The van der Waals surface area contributed by atoms with E-state index in [-0.39, 0.29) is 11.6 Å². The number of nitrogens with zero attached hydrogens (tertiary/aromatic N) is 1. The van der Waals surface area contributed by atoms with E-state index in [9.17, 15) is 4.39 Å². The first-order chi connectivity index (χ1) is 7.58. The molecule has 1 atom stereocenters. The summed E-state index contributed by atoms with van der Waals surface area (Å²) in [6.45, 7) is 1.79. The number of rotatable bonds is 4. The molecule has 88 valence electrons. The molecule has 1 aromatic rings. The Balaban J connectivity index is 2.86. The molecule has 0 fully saturated rings. The Bertz CT molecular complexity index is 398. The minimum atomic E-state index is -0.638. The lowest BCUT2D eigenvalue weighted by atomic mass is 10.2. The van der Waals surface area contributed by atoms with Crippen LogP contribution < -0.4 is 10.5 Å². The van der Waals surface area contributed by atoms with Gasteiger partial charge in [0.25, 0.3) is 0 Å². The summed E-state index contributed by atoms with van der Waals surface area (Å²) in [6.07, 6.45) is -0.161. The predicted octanol–water partition coefficient (Wildman–Crippen LogP) is 2.49. The average molecular weight is 291 g/mol. The Morgan fingerprint density at radius 3 is 2.88 bits per heavy atom. The van der Waals surface area contributed by atoms with Gasteiger partial charge in [-0.15, -0.1) is 0 Å². The summed E-state index contributed by atoms with van der Waals surface area (Å²) < 4.78 is 19.3. The van der Waals surface area contributed by atoms with Crippen LogP contribution in [0.1, 0.15) is 13.3 Å². The fourth-order valence-electron chi connectivity index (χ4n) is 1.14. The molecule has 0 saturated heterocycles. The third-order valence-corrected chi connectivity index (χ3v) is 2.47. The van der Waals surface area contributed by atoms with Crippen molar-refractivity contribution in [2.45, 2.75) is 19.4 Å². The summed E-state index contributed by atoms with van der Waals surface area (Å²) in [7, 11) is 0. The zero-order valence-corrected chi connectivity index (χ0v) is 10.2. The molecule has 0 aromatic heterocycles. The van der Waals surface area contributed by atoms with Crippen LogP contribution in [-0.2, 0) is 0 Å². The van der Waals surface area contributed by atoms with Crippen LogP contribution in [-0.4, -0.2) is 17.1 Å². The first-order valence-electron chi connectivity index (χ1n) is 4.67. The largest absolute Gasteiger partial charge is 0.479 e. The van der Waals surface area contributed by atoms with Crippen molar-refractivity contribution in [1.82, 2.24) is 0 Å². The van der Waals surface area contributed by atoms with E-state index in [1.807, 2.05) is 0 Å². The molecule has 6 heteroatoms. The minimum Gasteiger partial charge on any atom is -0.479 e. The molecule has 1 aromatic carbocycles. The van der Waals surface area contributed by atoms with Gasteiger partial charge in [-0.25, -0.2) is 4.39 Å². The molecule has 0 spiro atoms. The summed E-state index contributed by atoms with van der Waals surface area (Å²) in [4.78, 5) is 0. The Kier molecular flexibility index (Phi) is 4.54. The Morgan fingerprint density at radius 1 is 1.69 bits per heavy atom. The summed E-state index contributed by atoms with van der Waals surface area (Å²) in [5, 5.41) is 11.4. The lowest BCUT2D eigenvalue weighted by molar-refractivity contribution is 0.237. The lowest BCUT2D eigenvalue weighted by Gasteiger charge is -2.16. The first-order valence-corrected chi connectivity index (χ1v) is 5.47. The first kappa shape index (κ1) is 12.8. The monoisotopic (exact) mass is 290 g/mol. The zero-order valence-electron chi connectivity index (χ0n) is 8.65. The second-order valence-electron chi connectivity index (χ2n) is 3.11. The topological polar surface area (TPSA) is 67.8 Å². The molecule has 3 N–H and O–H groups in total. The summed E-state index contributed by atoms with van der Waals surface area (Å²) in [5.41, 5.74) is 5.40. The molecule has 0 aliphatic carbocycles. The molecule has 0 radical (unpaired) electrons. The van der Waals surface area contributed by atoms with Crippen molar-refractivity contribution in [2.24, 2.45) is 10.9 Å². The number of ether oxygens (including phenoxy) is 1. The van der Waals surface area contributed by atoms with Crippen molar-refractivity contribution in [3.05, 3.63) is 28.5 Å². The molecule has 4 nitrogen and oxygen atoms in total. The van der Waals surface area contributed by atoms with Gasteiger partial charge in [0.15, 0.2) is 23.5 Å². The molecule has 16 heavy (non-hydrogen) atoms. The van der Waals surface area contributed by atoms with Crippen LogP contribution in [0.25, 0.3) is 0 Å². The lowest BCUT2D eigenvalue weighted by Crippen LogP contribution is -2.33. The summed E-state index contributed by atoms with van der Waals surface area (Å²) in [5.74, 6) is -0.509. The van der Waals surface area contributed by atoms with Gasteiger partial charge in [-0.3, -0.25) is 0 Å². The van der Waals surface area contributed by atoms with Gasteiger partial charge in [0.1, 0.15) is 0 Å². The SMILES string of the molecule is CCC(Oc1ccc(Br)cc1F)C(N)=NO. The maximum absolute atomic E-state index is 13.4. The highest BCUT2D eigenvalue weighted by Crippen LogP contribution is 2.22. The van der Waals surface area contributed by atoms with E-state index >= 15 is 0 Å². The van der Waals surface area contributed by atoms with Gasteiger partial charge in [0, 0.05) is 4.47 Å². The van der Waals surface area contributed by atoms with E-state index in [0.29, 0.717) is 10.9 Å². The van der Waals surface area contributed by atoms with Crippen LogP contribution in [0.4, 0.5) is 4.39 Å². The number of hydrogen-bond donors (Lipinski definition) is 2. The fraction of sp³-hybridized carbons (Fsp3) is 0.300. The van der Waals surface area contributed by atoms with Gasteiger partial charge in [0.2, 0.25) is 0 Å². The molecule has 0 amide bonds. The fourth-order valence-corrected chi connectivity index (χ4v) is 1.47. The van der Waals surface area contributed by atoms with Gasteiger partial charge in [-0.05, 0) is 24.6 Å². The number of amidine groups is 1. The molecule has 1 unspecified atom stereocenters. The molecule has 0 saturated carbocycles. The van der Waals surface area contributed by atoms with E-state index in [0.717, 1.165) is 0 Å². The molecule has 0 heterocycles. The van der Waals surface area contributed by atoms with Gasteiger partial charge >= 0.3 is 0 Å². The third kappa shape index (κ3) is 3.10. The van der Waals surface area contributed by atoms with Crippen molar-refractivity contribution in [2.75, 3.05) is 0 Å². The smallest absolute Gasteiger partial charge is 0.180 e. The Labute approximate surface area is 101 Å². The van der Waals surface area contributed by atoms with Crippen LogP contribution in [0.3, 0.4) is 0 Å². The number of benzene rings is 1. The van der Waals surface area contributed by atoms with Gasteiger partial charge in [-0.1, -0.05) is 28.0 Å². The van der Waals surface area contributed by atoms with Crippen molar-refractivity contribution in [1.29, 1.82) is 0 Å². The van der Waals surface area contributed by atoms with Crippen LogP contribution >= 0.6 is 15.9 Å². The number of halogens is 2. The van der Waals surface area contributed by atoms with Crippen LogP contribution in [0.5, 0.6) is 5.75 Å². The summed E-state index contributed by atoms with van der Waals surface area (Å²) >= 11 is 3.14. The minimum absolute atomic E-state index is 0.0710. The van der Waals surface area contributed by atoms with Crippen molar-refractivity contribution < 1.29 is 14.3 Å². The molecular formula is C10H12BrFN2O2. The van der Waals surface area contributed by atoms with Gasteiger partial charge in [0.05, 0.1) is 0 Å². The van der Waals surface area contributed by atoms with Crippen LogP contribution in [0.2, 0.25) is 0 Å². The van der Waals surface area contributed by atoms with Crippen molar-refractivity contribution in [3.63, 3.8) is 0 Å². The maximum atomic E-state index is 13.4. The third-order valence-electron chi connectivity index (χ3n) is 1.98. The Hall–Kier alpha value is -1.30. The van der Waals surface area contributed by atoms with E-state index in [1.54, 1.807) is 13.0 Å². The Morgan fingerprint density at radius 2 is 2.38 bits per heavy atom. The second-order valence-corrected chi connectivity index (χ2v) is 4.03. The van der Waals surface area contributed by atoms with Crippen molar-refractivity contribution >= 4 is 21.8 Å². The second kappa shape index (κ2) is 5.69. The van der Waals surface area contributed by atoms with E-state index in [2.05, 4.69) is 21.1 Å². The number of nitrogens with two attached hydrogens (primary N) is 1. The highest BCUT2D eigenvalue weighted by atomic mass is 79.9. The highest BCUT2D eigenvalue weighted by Gasteiger charge is 2.15. The molecule has 0 aliphatic heterocycles. The normalized spacial score (nSPS) is 13.6. The molecular weight excluding hydrogens is 279 g/mol. The maximum Gasteiger partial charge on any atom is 0.180 e. The number of oxime groups is 1. The molecule has 0 aliphatic rings. The van der Waals surface area contributed by atoms with Gasteiger partial charge < -0.3 is 15.7 Å². The van der Waals surface area contributed by atoms with Crippen LogP contribution in [0, 0.1) is 5.82 Å². The van der Waals surface area contributed by atoms with E-state index in [4.69, 9.17) is 15.7 Å². The predicted molar refractivity (Wildman–Crippen MR) is 62.2 cm³/mol.